The molecule has 0 spiro atoms. The van der Waals surface area contributed by atoms with Gasteiger partial charge in [0.05, 0.1) is 12.2 Å². The Kier molecular flexibility index (Phi) is 12.9. The Balaban J connectivity index is 0.000000201. The lowest BCUT2D eigenvalue weighted by Crippen LogP contribution is -2.11. The average molecular weight is 505 g/mol. The Hall–Kier alpha value is -0.740. The van der Waals surface area contributed by atoms with E-state index in [2.05, 4.69) is 13.8 Å². The predicted octanol–water partition coefficient (Wildman–Crippen LogP) is 7.95. The summed E-state index contributed by atoms with van der Waals surface area (Å²) in [7, 11) is 3.64. The van der Waals surface area contributed by atoms with Gasteiger partial charge in [-0.2, -0.15) is 0 Å². The summed E-state index contributed by atoms with van der Waals surface area (Å²) in [6.07, 6.45) is 22.4. The molecule has 4 nitrogen and oxygen atoms in total. The number of hydrogen-bond acceptors (Lipinski definition) is 4. The third-order valence-corrected chi connectivity index (χ3v) is 10.4. The molecular formula is C32H56O4. The van der Waals surface area contributed by atoms with E-state index in [0.717, 1.165) is 74.0 Å². The van der Waals surface area contributed by atoms with Gasteiger partial charge in [-0.05, 0) is 86.9 Å². The zero-order valence-electron chi connectivity index (χ0n) is 24.0. The number of carbonyl (C=O) groups excluding carboxylic acids is 2. The minimum Gasteiger partial charge on any atom is -0.381 e. The molecule has 0 aromatic heterocycles. The Labute approximate surface area is 222 Å². The lowest BCUT2D eigenvalue weighted by atomic mass is 9.88. The summed E-state index contributed by atoms with van der Waals surface area (Å²) >= 11 is 0. The van der Waals surface area contributed by atoms with Crippen molar-refractivity contribution in [3.8, 4) is 0 Å². The minimum atomic E-state index is 0.453. The van der Waals surface area contributed by atoms with Gasteiger partial charge in [0.15, 0.2) is 0 Å². The quantitative estimate of drug-likeness (QED) is 0.225. The number of ether oxygens (including phenoxy) is 2. The van der Waals surface area contributed by atoms with Crippen LogP contribution in [0.5, 0.6) is 0 Å². The highest BCUT2D eigenvalue weighted by Crippen LogP contribution is 2.49. The summed E-state index contributed by atoms with van der Waals surface area (Å²) in [6.45, 7) is 4.39. The van der Waals surface area contributed by atoms with Crippen LogP contribution in [-0.2, 0) is 19.1 Å². The third kappa shape index (κ3) is 8.65. The molecule has 0 aromatic rings. The molecule has 4 aliphatic rings. The third-order valence-electron chi connectivity index (χ3n) is 10.4. The molecule has 4 heteroatoms. The van der Waals surface area contributed by atoms with Crippen LogP contribution < -0.4 is 0 Å². The minimum absolute atomic E-state index is 0.453. The summed E-state index contributed by atoms with van der Waals surface area (Å²) in [6, 6.07) is 0. The first-order valence-electron chi connectivity index (χ1n) is 15.6. The molecule has 0 aromatic carbocycles. The lowest BCUT2D eigenvalue weighted by molar-refractivity contribution is -0.118. The zero-order chi connectivity index (χ0) is 25.9. The van der Waals surface area contributed by atoms with E-state index in [9.17, 15) is 9.59 Å². The van der Waals surface area contributed by atoms with E-state index in [4.69, 9.17) is 9.47 Å². The van der Waals surface area contributed by atoms with Crippen LogP contribution >= 0.6 is 0 Å². The SMILES string of the molecule is CCC(CCCCC1CCC2CC(=O)CC12)OC.CCC(CCCCC1CCC2CC(=O)CC12)OC. The molecule has 0 N–H and O–H groups in total. The van der Waals surface area contributed by atoms with Crippen LogP contribution in [0.3, 0.4) is 0 Å². The van der Waals surface area contributed by atoms with Gasteiger partial charge in [0.1, 0.15) is 11.6 Å². The smallest absolute Gasteiger partial charge is 0.133 e. The molecule has 208 valence electrons. The maximum absolute atomic E-state index is 11.5. The fraction of sp³-hybridized carbons (Fsp3) is 0.938. The van der Waals surface area contributed by atoms with Crippen molar-refractivity contribution in [3.05, 3.63) is 0 Å². The zero-order valence-corrected chi connectivity index (χ0v) is 24.0. The molecule has 4 rings (SSSR count). The molecule has 8 atom stereocenters. The van der Waals surface area contributed by atoms with Crippen molar-refractivity contribution in [2.24, 2.45) is 35.5 Å². The van der Waals surface area contributed by atoms with E-state index in [1.54, 1.807) is 0 Å². The maximum Gasteiger partial charge on any atom is 0.133 e. The Bertz CT molecular complexity index is 597. The van der Waals surface area contributed by atoms with Gasteiger partial charge in [-0.1, -0.05) is 52.4 Å². The van der Waals surface area contributed by atoms with E-state index in [1.165, 1.54) is 77.0 Å². The second-order valence-electron chi connectivity index (χ2n) is 12.5. The molecule has 0 bridgehead atoms. The molecule has 4 saturated carbocycles. The van der Waals surface area contributed by atoms with Crippen LogP contribution in [0.1, 0.15) is 129 Å². The molecule has 0 aliphatic heterocycles. The molecule has 0 saturated heterocycles. The van der Waals surface area contributed by atoms with Gasteiger partial charge in [-0.15, -0.1) is 0 Å². The summed E-state index contributed by atoms with van der Waals surface area (Å²) in [5.74, 6) is 5.77. The first-order valence-corrected chi connectivity index (χ1v) is 15.6. The van der Waals surface area contributed by atoms with Crippen LogP contribution in [0.2, 0.25) is 0 Å². The fourth-order valence-corrected chi connectivity index (χ4v) is 8.18. The predicted molar refractivity (Wildman–Crippen MR) is 147 cm³/mol. The summed E-state index contributed by atoms with van der Waals surface area (Å²) in [4.78, 5) is 23.0. The Morgan fingerprint density at radius 3 is 1.42 bits per heavy atom. The molecule has 36 heavy (non-hydrogen) atoms. The summed E-state index contributed by atoms with van der Waals surface area (Å²) < 4.78 is 10.8. The Morgan fingerprint density at radius 2 is 1.06 bits per heavy atom. The van der Waals surface area contributed by atoms with E-state index < -0.39 is 0 Å². The van der Waals surface area contributed by atoms with Crippen molar-refractivity contribution < 1.29 is 19.1 Å². The molecule has 0 heterocycles. The number of carbonyl (C=O) groups is 2. The average Bonchev–Trinajstić information content (AvgIpc) is 3.62. The monoisotopic (exact) mass is 504 g/mol. The van der Waals surface area contributed by atoms with Gasteiger partial charge in [-0.25, -0.2) is 0 Å². The fourth-order valence-electron chi connectivity index (χ4n) is 8.18. The molecule has 4 aliphatic carbocycles. The highest BCUT2D eigenvalue weighted by molar-refractivity contribution is 5.81. The second kappa shape index (κ2) is 15.6. The van der Waals surface area contributed by atoms with Gasteiger partial charge in [0.25, 0.3) is 0 Å². The number of Topliss-reactive ketones (excluding diaryl/α,β-unsaturated/α-hetero) is 2. The molecule has 8 unspecified atom stereocenters. The summed E-state index contributed by atoms with van der Waals surface area (Å²) in [5.41, 5.74) is 0. The maximum atomic E-state index is 11.5. The first kappa shape index (κ1) is 29.8. The van der Waals surface area contributed by atoms with Gasteiger partial charge in [-0.3, -0.25) is 9.59 Å². The van der Waals surface area contributed by atoms with E-state index in [1.807, 2.05) is 14.2 Å². The highest BCUT2D eigenvalue weighted by Gasteiger charge is 2.43. The standard InChI is InChI=1S/2C16H28O2/c2*1-3-15(18-2)7-5-4-6-12-8-9-13-10-14(17)11-16(12)13/h2*12-13,15-16H,3-11H2,1-2H3. The molecule has 0 amide bonds. The van der Waals surface area contributed by atoms with Crippen molar-refractivity contribution >= 4 is 11.6 Å². The van der Waals surface area contributed by atoms with Crippen molar-refractivity contribution in [1.82, 2.24) is 0 Å². The van der Waals surface area contributed by atoms with E-state index >= 15 is 0 Å². The van der Waals surface area contributed by atoms with Crippen molar-refractivity contribution in [3.63, 3.8) is 0 Å². The van der Waals surface area contributed by atoms with Crippen molar-refractivity contribution in [1.29, 1.82) is 0 Å². The van der Waals surface area contributed by atoms with Crippen LogP contribution in [-0.4, -0.2) is 38.0 Å². The van der Waals surface area contributed by atoms with Crippen LogP contribution in [0.4, 0.5) is 0 Å². The normalized spacial score (nSPS) is 32.8. The van der Waals surface area contributed by atoms with Gasteiger partial charge in [0, 0.05) is 39.9 Å². The number of ketones is 2. The number of rotatable bonds is 14. The topological polar surface area (TPSA) is 52.6 Å². The first-order chi connectivity index (χ1) is 17.5. The van der Waals surface area contributed by atoms with Crippen LogP contribution in [0, 0.1) is 35.5 Å². The van der Waals surface area contributed by atoms with Gasteiger partial charge >= 0.3 is 0 Å². The number of unbranched alkanes of at least 4 members (excludes halogenated alkanes) is 2. The van der Waals surface area contributed by atoms with E-state index in [-0.39, 0.29) is 0 Å². The van der Waals surface area contributed by atoms with Crippen LogP contribution in [0.25, 0.3) is 0 Å². The number of methoxy groups -OCH3 is 2. The van der Waals surface area contributed by atoms with Gasteiger partial charge in [0.2, 0.25) is 0 Å². The Morgan fingerprint density at radius 1 is 0.639 bits per heavy atom. The highest BCUT2D eigenvalue weighted by atomic mass is 16.5. The largest absolute Gasteiger partial charge is 0.381 e. The van der Waals surface area contributed by atoms with Crippen molar-refractivity contribution in [2.75, 3.05) is 14.2 Å². The second-order valence-corrected chi connectivity index (χ2v) is 12.5. The lowest BCUT2D eigenvalue weighted by Gasteiger charge is -2.18. The van der Waals surface area contributed by atoms with E-state index in [0.29, 0.717) is 23.8 Å². The summed E-state index contributed by atoms with van der Waals surface area (Å²) in [5, 5.41) is 0. The van der Waals surface area contributed by atoms with Crippen LogP contribution in [0.15, 0.2) is 0 Å². The molecule has 4 fully saturated rings. The van der Waals surface area contributed by atoms with Crippen molar-refractivity contribution in [2.45, 2.75) is 142 Å². The number of hydrogen-bond donors (Lipinski definition) is 0. The van der Waals surface area contributed by atoms with Gasteiger partial charge < -0.3 is 9.47 Å². The molecule has 0 radical (unpaired) electrons. The number of fused-ring (bicyclic) bond motifs is 2. The molecular weight excluding hydrogens is 448 g/mol.